The summed E-state index contributed by atoms with van der Waals surface area (Å²) in [4.78, 5) is 13.1. The van der Waals surface area contributed by atoms with Crippen molar-refractivity contribution >= 4 is 28.8 Å². The number of aliphatic imine (C=N–C) groups is 1. The van der Waals surface area contributed by atoms with Crippen molar-refractivity contribution in [2.24, 2.45) is 4.99 Å². The van der Waals surface area contributed by atoms with Crippen LogP contribution in [-0.4, -0.2) is 33.5 Å². The fraction of sp³-hybridized carbons (Fsp3) is 0.100. The molecule has 0 saturated carbocycles. The topological polar surface area (TPSA) is 88.1 Å². The Balaban J connectivity index is 1.64. The van der Waals surface area contributed by atoms with Crippen molar-refractivity contribution in [1.82, 2.24) is 20.2 Å². The maximum absolute atomic E-state index is 5.57. The number of aromatic amines is 1. The average molecular weight is 356 g/mol. The van der Waals surface area contributed by atoms with Crippen LogP contribution in [0.3, 0.4) is 0 Å². The fourth-order valence-electron chi connectivity index (χ4n) is 3.30. The molecule has 27 heavy (non-hydrogen) atoms. The lowest BCUT2D eigenvalue weighted by atomic mass is 10.1. The quantitative estimate of drug-likeness (QED) is 0.582. The highest BCUT2D eigenvalue weighted by Crippen LogP contribution is 2.35. The van der Waals surface area contributed by atoms with Gasteiger partial charge >= 0.3 is 0 Å². The zero-order valence-corrected chi connectivity index (χ0v) is 14.6. The Morgan fingerprint density at radius 2 is 2.00 bits per heavy atom. The van der Waals surface area contributed by atoms with Crippen LogP contribution in [0.15, 0.2) is 53.8 Å². The van der Waals surface area contributed by atoms with Crippen LogP contribution < -0.4 is 10.1 Å². The normalized spacial score (nSPS) is 12.3. The molecule has 0 atom stereocenters. The van der Waals surface area contributed by atoms with Crippen LogP contribution >= 0.6 is 0 Å². The lowest BCUT2D eigenvalue weighted by molar-refractivity contribution is 0.416. The van der Waals surface area contributed by atoms with Crippen molar-refractivity contribution in [2.45, 2.75) is 6.54 Å². The van der Waals surface area contributed by atoms with E-state index in [-0.39, 0.29) is 0 Å². The molecule has 0 bridgehead atoms. The van der Waals surface area contributed by atoms with Crippen molar-refractivity contribution in [2.75, 3.05) is 12.4 Å². The van der Waals surface area contributed by atoms with Crippen LogP contribution in [0.25, 0.3) is 22.3 Å². The molecule has 2 N–H and O–H groups in total. The van der Waals surface area contributed by atoms with Crippen LogP contribution in [-0.2, 0) is 6.54 Å². The van der Waals surface area contributed by atoms with Crippen LogP contribution in [0.1, 0.15) is 11.1 Å². The predicted molar refractivity (Wildman–Crippen MR) is 105 cm³/mol. The van der Waals surface area contributed by atoms with Gasteiger partial charge in [-0.1, -0.05) is 30.3 Å². The third kappa shape index (κ3) is 2.60. The summed E-state index contributed by atoms with van der Waals surface area (Å²) in [5.74, 6) is 1.41. The van der Waals surface area contributed by atoms with E-state index in [1.54, 1.807) is 7.11 Å². The molecular weight excluding hydrogens is 340 g/mol. The number of H-pyrrole nitrogens is 1. The van der Waals surface area contributed by atoms with Gasteiger partial charge in [0.2, 0.25) is 0 Å². The van der Waals surface area contributed by atoms with Gasteiger partial charge in [-0.25, -0.2) is 9.97 Å². The van der Waals surface area contributed by atoms with Gasteiger partial charge in [-0.3, -0.25) is 10.1 Å². The number of hydrogen-bond donors (Lipinski definition) is 2. The molecule has 1 aliphatic heterocycles. The molecule has 0 aliphatic carbocycles. The Kier molecular flexibility index (Phi) is 3.57. The second-order valence-electron chi connectivity index (χ2n) is 6.23. The maximum atomic E-state index is 5.57. The summed E-state index contributed by atoms with van der Waals surface area (Å²) in [5.41, 5.74) is 5.55. The van der Waals surface area contributed by atoms with Crippen molar-refractivity contribution < 1.29 is 4.74 Å². The van der Waals surface area contributed by atoms with E-state index in [1.165, 1.54) is 6.33 Å². The second kappa shape index (κ2) is 6.21. The van der Waals surface area contributed by atoms with Gasteiger partial charge in [-0.15, -0.1) is 0 Å². The van der Waals surface area contributed by atoms with E-state index < -0.39 is 0 Å². The van der Waals surface area contributed by atoms with Gasteiger partial charge in [-0.05, 0) is 23.3 Å². The second-order valence-corrected chi connectivity index (χ2v) is 6.23. The van der Waals surface area contributed by atoms with Gasteiger partial charge in [0.05, 0.1) is 30.4 Å². The van der Waals surface area contributed by atoms with Crippen LogP contribution in [0.2, 0.25) is 0 Å². The van der Waals surface area contributed by atoms with Crippen molar-refractivity contribution in [3.63, 3.8) is 0 Å². The summed E-state index contributed by atoms with van der Waals surface area (Å²) in [6, 6.07) is 14.0. The van der Waals surface area contributed by atoms with E-state index in [2.05, 4.69) is 30.5 Å². The van der Waals surface area contributed by atoms with E-state index >= 15 is 0 Å². The van der Waals surface area contributed by atoms with Gasteiger partial charge < -0.3 is 10.1 Å². The lowest BCUT2D eigenvalue weighted by Crippen LogP contribution is -2.00. The van der Waals surface area contributed by atoms with Gasteiger partial charge in [-0.2, -0.15) is 5.10 Å². The van der Waals surface area contributed by atoms with E-state index in [9.17, 15) is 0 Å². The number of benzene rings is 2. The number of fused-ring (bicyclic) bond motifs is 2. The molecule has 1 aliphatic rings. The first-order valence-corrected chi connectivity index (χ1v) is 8.56. The van der Waals surface area contributed by atoms with Crippen LogP contribution in [0, 0.1) is 0 Å². The molecule has 7 nitrogen and oxygen atoms in total. The molecule has 0 saturated heterocycles. The number of hydrogen-bond acceptors (Lipinski definition) is 6. The molecule has 0 unspecified atom stereocenters. The van der Waals surface area contributed by atoms with Crippen LogP contribution in [0.4, 0.5) is 11.5 Å². The molecule has 5 rings (SSSR count). The molecular formula is C20H16N6O. The highest BCUT2D eigenvalue weighted by atomic mass is 16.5. The highest BCUT2D eigenvalue weighted by molar-refractivity contribution is 6.00. The molecule has 2 aromatic carbocycles. The number of rotatable bonds is 4. The standard InChI is InChI=1S/C20H16N6O/c1-27-16-8-14-10-21-9-13(14)7-15(16)24-19-17-18(12-5-3-2-4-6-12)25-26-20(17)23-11-22-19/h2-9,11H,10H2,1H3,(H2,22,23,24,25,26). The minimum atomic E-state index is 0.605. The SMILES string of the molecule is COc1cc2c(cc1Nc1ncnc3n[nH]c(-c4ccccc4)c13)C=NC2. The maximum Gasteiger partial charge on any atom is 0.186 e. The summed E-state index contributed by atoms with van der Waals surface area (Å²) >= 11 is 0. The average Bonchev–Trinajstić information content (AvgIpc) is 3.35. The molecule has 0 fully saturated rings. The minimum absolute atomic E-state index is 0.605. The largest absolute Gasteiger partial charge is 0.495 e. The zero-order valence-electron chi connectivity index (χ0n) is 14.6. The van der Waals surface area contributed by atoms with Crippen molar-refractivity contribution in [3.8, 4) is 17.0 Å². The zero-order chi connectivity index (χ0) is 18.2. The Bertz CT molecular complexity index is 1170. The molecule has 4 aromatic rings. The molecule has 0 radical (unpaired) electrons. The minimum Gasteiger partial charge on any atom is -0.495 e. The number of methoxy groups -OCH3 is 1. The summed E-state index contributed by atoms with van der Waals surface area (Å²) in [6.45, 7) is 0.684. The van der Waals surface area contributed by atoms with E-state index in [0.717, 1.165) is 39.2 Å². The van der Waals surface area contributed by atoms with Gasteiger partial charge in [0.1, 0.15) is 17.9 Å². The van der Waals surface area contributed by atoms with Crippen LogP contribution in [0.5, 0.6) is 5.75 Å². The summed E-state index contributed by atoms with van der Waals surface area (Å²) in [5, 5.41) is 11.6. The highest BCUT2D eigenvalue weighted by Gasteiger charge is 2.17. The molecule has 0 spiro atoms. The van der Waals surface area contributed by atoms with Crippen molar-refractivity contribution in [1.29, 1.82) is 0 Å². The number of nitrogens with one attached hydrogen (secondary N) is 2. The van der Waals surface area contributed by atoms with Gasteiger partial charge in [0.15, 0.2) is 5.65 Å². The molecule has 0 amide bonds. The first kappa shape index (κ1) is 15.5. The van der Waals surface area contributed by atoms with E-state index in [1.807, 2.05) is 48.7 Å². The summed E-state index contributed by atoms with van der Waals surface area (Å²) in [6.07, 6.45) is 3.38. The number of aromatic nitrogens is 4. The summed E-state index contributed by atoms with van der Waals surface area (Å²) in [7, 11) is 1.66. The Hall–Kier alpha value is -3.74. The lowest BCUT2D eigenvalue weighted by Gasteiger charge is -2.13. The van der Waals surface area contributed by atoms with Gasteiger partial charge in [0.25, 0.3) is 0 Å². The van der Waals surface area contributed by atoms with E-state index in [0.29, 0.717) is 18.0 Å². The smallest absolute Gasteiger partial charge is 0.186 e. The fourth-order valence-corrected chi connectivity index (χ4v) is 3.30. The summed E-state index contributed by atoms with van der Waals surface area (Å²) < 4.78 is 5.57. The molecule has 132 valence electrons. The number of nitrogens with zero attached hydrogens (tertiary/aromatic N) is 4. The first-order chi connectivity index (χ1) is 13.3. The Morgan fingerprint density at radius 3 is 2.85 bits per heavy atom. The Morgan fingerprint density at radius 1 is 1.11 bits per heavy atom. The van der Waals surface area contributed by atoms with E-state index in [4.69, 9.17) is 4.74 Å². The van der Waals surface area contributed by atoms with Crippen molar-refractivity contribution in [3.05, 3.63) is 59.9 Å². The molecule has 3 heterocycles. The third-order valence-corrected chi connectivity index (χ3v) is 4.62. The Labute approximate surface area is 155 Å². The number of anilines is 2. The predicted octanol–water partition coefficient (Wildman–Crippen LogP) is 3.70. The first-order valence-electron chi connectivity index (χ1n) is 8.56. The number of ether oxygens (including phenoxy) is 1. The molecule has 2 aromatic heterocycles. The third-order valence-electron chi connectivity index (χ3n) is 4.62. The molecule has 7 heteroatoms. The monoisotopic (exact) mass is 356 g/mol. The van der Waals surface area contributed by atoms with Gasteiger partial charge in [0, 0.05) is 11.8 Å².